The fraction of sp³-hybridized carbons (Fsp3) is 0.290. The second-order valence-electron chi connectivity index (χ2n) is 9.50. The topological polar surface area (TPSA) is 51.1 Å². The van der Waals surface area contributed by atoms with Gasteiger partial charge in [0, 0.05) is 16.7 Å². The molecular formula is C31H31ClN2O3S. The van der Waals surface area contributed by atoms with Crippen molar-refractivity contribution >= 4 is 41.1 Å². The van der Waals surface area contributed by atoms with E-state index in [1.54, 1.807) is 31.0 Å². The largest absolute Gasteiger partial charge is 0.497 e. The van der Waals surface area contributed by atoms with E-state index >= 15 is 0 Å². The Morgan fingerprint density at radius 2 is 1.66 bits per heavy atom. The summed E-state index contributed by atoms with van der Waals surface area (Å²) in [6, 6.07) is 23.7. The fourth-order valence-corrected chi connectivity index (χ4v) is 6.11. The van der Waals surface area contributed by atoms with Crippen molar-refractivity contribution in [3.63, 3.8) is 0 Å². The first-order valence-electron chi connectivity index (χ1n) is 12.8. The van der Waals surface area contributed by atoms with Crippen LogP contribution in [0, 0.1) is 5.92 Å². The van der Waals surface area contributed by atoms with Gasteiger partial charge in [-0.25, -0.2) is 5.01 Å². The summed E-state index contributed by atoms with van der Waals surface area (Å²) in [6.45, 7) is 0. The monoisotopic (exact) mass is 546 g/mol. The van der Waals surface area contributed by atoms with Crippen LogP contribution in [0.3, 0.4) is 0 Å². The molecule has 7 heteroatoms. The molecule has 5 rings (SSSR count). The normalized spacial score (nSPS) is 19.7. The molecule has 0 radical (unpaired) electrons. The third kappa shape index (κ3) is 5.92. The Hall–Kier alpha value is -3.22. The number of fused-ring (bicyclic) bond motifs is 1. The lowest BCUT2D eigenvalue weighted by Crippen LogP contribution is -2.32. The summed E-state index contributed by atoms with van der Waals surface area (Å²) in [5.41, 5.74) is 5.56. The highest BCUT2D eigenvalue weighted by molar-refractivity contribution is 7.99. The number of hydrazone groups is 1. The minimum Gasteiger partial charge on any atom is -0.497 e. The van der Waals surface area contributed by atoms with Crippen molar-refractivity contribution in [3.05, 3.63) is 100 Å². The first-order chi connectivity index (χ1) is 18.6. The molecule has 0 spiro atoms. The van der Waals surface area contributed by atoms with Crippen LogP contribution in [0.15, 0.2) is 83.5 Å². The van der Waals surface area contributed by atoms with E-state index in [1.807, 2.05) is 48.5 Å². The number of allylic oxidation sites excluding steroid dienone is 1. The van der Waals surface area contributed by atoms with Crippen LogP contribution in [0.2, 0.25) is 5.02 Å². The van der Waals surface area contributed by atoms with Gasteiger partial charge in [0.2, 0.25) is 0 Å². The molecular weight excluding hydrogens is 516 g/mol. The van der Waals surface area contributed by atoms with Crippen molar-refractivity contribution in [1.82, 2.24) is 5.01 Å². The van der Waals surface area contributed by atoms with Gasteiger partial charge in [-0.3, -0.25) is 4.79 Å². The number of nitrogens with zero attached hydrogens (tertiary/aromatic N) is 2. The first kappa shape index (κ1) is 26.4. The third-order valence-corrected chi connectivity index (χ3v) is 8.32. The van der Waals surface area contributed by atoms with Crippen molar-refractivity contribution in [2.75, 3.05) is 20.0 Å². The quantitative estimate of drug-likeness (QED) is 0.295. The van der Waals surface area contributed by atoms with Crippen molar-refractivity contribution in [2.24, 2.45) is 11.0 Å². The maximum Gasteiger partial charge on any atom is 0.253 e. The molecule has 2 atom stereocenters. The smallest absolute Gasteiger partial charge is 0.253 e. The minimum atomic E-state index is -0.126. The Morgan fingerprint density at radius 1 is 1.00 bits per heavy atom. The van der Waals surface area contributed by atoms with E-state index in [0.29, 0.717) is 10.8 Å². The van der Waals surface area contributed by atoms with E-state index < -0.39 is 0 Å². The van der Waals surface area contributed by atoms with Gasteiger partial charge in [-0.05, 0) is 84.0 Å². The van der Waals surface area contributed by atoms with Crippen LogP contribution in [-0.4, -0.2) is 36.6 Å². The van der Waals surface area contributed by atoms with Gasteiger partial charge in [0.05, 0.1) is 31.7 Å². The number of rotatable bonds is 8. The molecule has 2 unspecified atom stereocenters. The van der Waals surface area contributed by atoms with E-state index in [2.05, 4.69) is 30.3 Å². The molecule has 0 N–H and O–H groups in total. The highest BCUT2D eigenvalue weighted by Gasteiger charge is 2.43. The van der Waals surface area contributed by atoms with E-state index in [9.17, 15) is 4.79 Å². The van der Waals surface area contributed by atoms with Crippen molar-refractivity contribution in [1.29, 1.82) is 0 Å². The fourth-order valence-electron chi connectivity index (χ4n) is 5.15. The van der Waals surface area contributed by atoms with Gasteiger partial charge in [0.15, 0.2) is 0 Å². The Bertz CT molecular complexity index is 1320. The summed E-state index contributed by atoms with van der Waals surface area (Å²) >= 11 is 7.61. The Morgan fingerprint density at radius 3 is 2.32 bits per heavy atom. The molecule has 0 saturated heterocycles. The number of benzene rings is 3. The van der Waals surface area contributed by atoms with Crippen LogP contribution in [0.5, 0.6) is 11.5 Å². The number of amides is 1. The molecule has 196 valence electrons. The van der Waals surface area contributed by atoms with Gasteiger partial charge in [-0.1, -0.05) is 48.0 Å². The molecule has 1 aliphatic carbocycles. The van der Waals surface area contributed by atoms with Crippen LogP contribution in [0.4, 0.5) is 0 Å². The Labute approximate surface area is 233 Å². The van der Waals surface area contributed by atoms with Crippen LogP contribution in [-0.2, 0) is 10.5 Å². The molecule has 3 aromatic carbocycles. The van der Waals surface area contributed by atoms with E-state index in [0.717, 1.165) is 58.9 Å². The Kier molecular flexibility index (Phi) is 8.40. The van der Waals surface area contributed by atoms with E-state index in [4.69, 9.17) is 26.2 Å². The number of thioether (sulfide) groups is 1. The summed E-state index contributed by atoms with van der Waals surface area (Å²) in [7, 11) is 3.34. The summed E-state index contributed by atoms with van der Waals surface area (Å²) in [5, 5.41) is 7.46. The zero-order valence-corrected chi connectivity index (χ0v) is 23.2. The van der Waals surface area contributed by atoms with Crippen molar-refractivity contribution in [3.8, 4) is 11.5 Å². The molecule has 0 aromatic heterocycles. The summed E-state index contributed by atoms with van der Waals surface area (Å²) in [6.07, 6.45) is 5.21. The molecule has 1 saturated carbocycles. The number of methoxy groups -OCH3 is 2. The summed E-state index contributed by atoms with van der Waals surface area (Å²) in [5.74, 6) is 2.91. The second kappa shape index (κ2) is 12.1. The van der Waals surface area contributed by atoms with Crippen LogP contribution in [0.25, 0.3) is 6.08 Å². The molecule has 1 fully saturated rings. The van der Waals surface area contributed by atoms with Crippen molar-refractivity contribution in [2.45, 2.75) is 31.1 Å². The Balaban J connectivity index is 1.40. The third-order valence-electron chi connectivity index (χ3n) is 7.08. The average Bonchev–Trinajstić information content (AvgIpc) is 3.35. The van der Waals surface area contributed by atoms with E-state index in [-0.39, 0.29) is 17.9 Å². The van der Waals surface area contributed by atoms with Gasteiger partial charge in [0.1, 0.15) is 11.5 Å². The summed E-state index contributed by atoms with van der Waals surface area (Å²) in [4.78, 5) is 13.6. The molecule has 1 aliphatic heterocycles. The van der Waals surface area contributed by atoms with E-state index in [1.165, 1.54) is 5.57 Å². The molecule has 1 amide bonds. The first-order valence-corrected chi connectivity index (χ1v) is 14.3. The highest BCUT2D eigenvalue weighted by Crippen LogP contribution is 2.45. The second-order valence-corrected chi connectivity index (χ2v) is 10.9. The number of carbonyl (C=O) groups is 1. The maximum atomic E-state index is 13.6. The molecule has 0 bridgehead atoms. The lowest BCUT2D eigenvalue weighted by atomic mass is 9.77. The average molecular weight is 547 g/mol. The molecule has 3 aromatic rings. The highest BCUT2D eigenvalue weighted by atomic mass is 35.5. The number of carbonyl (C=O) groups excluding carboxylic acids is 1. The standard InChI is InChI=1S/C31H31ClN2O3S/c1-36-26-14-8-21(9-15-26)18-24-4-3-5-28-30(24)33-34(31(28)23-10-16-27(37-2)17-11-23)29(35)20-38-19-22-6-12-25(32)13-7-22/h6-18,28,31H,3-5,19-20H2,1-2H3. The zero-order chi connectivity index (χ0) is 26.5. The van der Waals surface area contributed by atoms with Gasteiger partial charge < -0.3 is 9.47 Å². The number of ether oxygens (including phenoxy) is 2. The van der Waals surface area contributed by atoms with Gasteiger partial charge in [-0.2, -0.15) is 5.10 Å². The molecule has 2 aliphatic rings. The zero-order valence-electron chi connectivity index (χ0n) is 21.6. The van der Waals surface area contributed by atoms with Gasteiger partial charge in [-0.15, -0.1) is 11.8 Å². The predicted molar refractivity (Wildman–Crippen MR) is 156 cm³/mol. The SMILES string of the molecule is COc1ccc(C=C2CCCC3C2=NN(C(=O)CSCc2ccc(Cl)cc2)C3c2ccc(OC)cc2)cc1. The maximum absolute atomic E-state index is 13.6. The number of hydrogen-bond donors (Lipinski definition) is 0. The summed E-state index contributed by atoms with van der Waals surface area (Å²) < 4.78 is 10.7. The van der Waals surface area contributed by atoms with Crippen LogP contribution < -0.4 is 9.47 Å². The molecule has 1 heterocycles. The van der Waals surface area contributed by atoms with Crippen molar-refractivity contribution < 1.29 is 14.3 Å². The van der Waals surface area contributed by atoms with Gasteiger partial charge >= 0.3 is 0 Å². The predicted octanol–water partition coefficient (Wildman–Crippen LogP) is 7.41. The lowest BCUT2D eigenvalue weighted by molar-refractivity contribution is -0.130. The van der Waals surface area contributed by atoms with Gasteiger partial charge in [0.25, 0.3) is 5.91 Å². The van der Waals surface area contributed by atoms with Crippen LogP contribution in [0.1, 0.15) is 42.0 Å². The molecule has 5 nitrogen and oxygen atoms in total. The number of halogens is 1. The molecule has 38 heavy (non-hydrogen) atoms. The number of hydrogen-bond acceptors (Lipinski definition) is 5. The van der Waals surface area contributed by atoms with Crippen LogP contribution >= 0.6 is 23.4 Å². The lowest BCUT2D eigenvalue weighted by Gasteiger charge is -2.29. The minimum absolute atomic E-state index is 0.0236.